The summed E-state index contributed by atoms with van der Waals surface area (Å²) >= 11 is 2.05. The van der Waals surface area contributed by atoms with Gasteiger partial charge in [-0.3, -0.25) is 14.3 Å². The molecule has 0 fully saturated rings. The zero-order chi connectivity index (χ0) is 15.0. The van der Waals surface area contributed by atoms with E-state index in [0.717, 1.165) is 27.9 Å². The molecule has 0 saturated carbocycles. The van der Waals surface area contributed by atoms with Gasteiger partial charge in [0.2, 0.25) is 0 Å². The molecule has 0 bridgehead atoms. The topological polar surface area (TPSA) is 47.8 Å². The molecule has 0 amide bonds. The average Bonchev–Trinajstić information content (AvgIpc) is 2.47. The van der Waals surface area contributed by atoms with Crippen molar-refractivity contribution < 1.29 is 0 Å². The fraction of sp³-hybridized carbons (Fsp3) is 0.188. The molecule has 0 aliphatic carbocycles. The first-order valence-electron chi connectivity index (χ1n) is 6.63. The first-order valence-corrected chi connectivity index (χ1v) is 7.71. The van der Waals surface area contributed by atoms with Crippen LogP contribution in [0.1, 0.15) is 17.0 Å². The van der Waals surface area contributed by atoms with Crippen LogP contribution in [0.5, 0.6) is 0 Å². The summed E-state index contributed by atoms with van der Waals surface area (Å²) in [6, 6.07) is 10.0. The van der Waals surface area contributed by atoms with Crippen molar-refractivity contribution in [2.24, 2.45) is 0 Å². The van der Waals surface area contributed by atoms with Crippen LogP contribution in [0.4, 0.5) is 0 Å². The van der Waals surface area contributed by atoms with Gasteiger partial charge >= 0.3 is 0 Å². The van der Waals surface area contributed by atoms with Crippen molar-refractivity contribution in [1.82, 2.24) is 14.5 Å². The molecular formula is C16H14IN3O. The van der Waals surface area contributed by atoms with Crippen LogP contribution in [-0.2, 0) is 6.54 Å². The van der Waals surface area contributed by atoms with Gasteiger partial charge in [0.15, 0.2) is 0 Å². The molecule has 0 unspecified atom stereocenters. The Hall–Kier alpha value is -1.76. The van der Waals surface area contributed by atoms with Crippen LogP contribution in [-0.4, -0.2) is 14.5 Å². The molecule has 0 aliphatic heterocycles. The summed E-state index contributed by atoms with van der Waals surface area (Å²) in [6.45, 7) is 4.32. The smallest absolute Gasteiger partial charge is 0.267 e. The van der Waals surface area contributed by atoms with E-state index in [2.05, 4.69) is 32.6 Å². The Morgan fingerprint density at radius 1 is 1.24 bits per heavy atom. The van der Waals surface area contributed by atoms with Gasteiger partial charge in [-0.1, -0.05) is 18.2 Å². The van der Waals surface area contributed by atoms with Crippen molar-refractivity contribution in [3.8, 4) is 0 Å². The summed E-state index contributed by atoms with van der Waals surface area (Å²) in [4.78, 5) is 21.1. The molecule has 2 aromatic heterocycles. The lowest BCUT2D eigenvalue weighted by Crippen LogP contribution is -2.24. The second kappa shape index (κ2) is 5.55. The van der Waals surface area contributed by atoms with Crippen LogP contribution < -0.4 is 5.56 Å². The highest BCUT2D eigenvalue weighted by Crippen LogP contribution is 2.18. The third-order valence-electron chi connectivity index (χ3n) is 3.43. The number of benzene rings is 1. The maximum absolute atomic E-state index is 12.3. The van der Waals surface area contributed by atoms with Crippen molar-refractivity contribution in [2.45, 2.75) is 20.4 Å². The van der Waals surface area contributed by atoms with Gasteiger partial charge < -0.3 is 0 Å². The highest BCUT2D eigenvalue weighted by atomic mass is 127. The summed E-state index contributed by atoms with van der Waals surface area (Å²) in [5, 5.41) is 1.07. The molecule has 1 aromatic carbocycles. The van der Waals surface area contributed by atoms with Crippen molar-refractivity contribution in [3.63, 3.8) is 0 Å². The van der Waals surface area contributed by atoms with E-state index in [1.165, 1.54) is 0 Å². The predicted octanol–water partition coefficient (Wildman–Crippen LogP) is 3.06. The summed E-state index contributed by atoms with van der Waals surface area (Å²) in [5.41, 5.74) is 3.76. The molecule has 5 heteroatoms. The Bertz CT molecular complexity index is 886. The molecule has 0 spiro atoms. The minimum atomic E-state index is 0.00152. The summed E-state index contributed by atoms with van der Waals surface area (Å²) in [6.07, 6.45) is 1.62. The molecule has 3 rings (SSSR count). The lowest BCUT2D eigenvalue weighted by atomic mass is 10.1. The number of nitrogens with zero attached hydrogens (tertiary/aromatic N) is 3. The van der Waals surface area contributed by atoms with Crippen molar-refractivity contribution >= 4 is 33.5 Å². The Balaban J connectivity index is 2.15. The molecule has 0 N–H and O–H groups in total. The third kappa shape index (κ3) is 2.70. The largest absolute Gasteiger partial charge is 0.294 e. The van der Waals surface area contributed by atoms with Crippen molar-refractivity contribution in [3.05, 3.63) is 67.5 Å². The predicted molar refractivity (Wildman–Crippen MR) is 91.5 cm³/mol. The lowest BCUT2D eigenvalue weighted by Gasteiger charge is -2.10. The first kappa shape index (κ1) is 14.2. The second-order valence-electron chi connectivity index (χ2n) is 5.02. The number of hydrogen-bond acceptors (Lipinski definition) is 3. The van der Waals surface area contributed by atoms with Gasteiger partial charge in [-0.25, -0.2) is 4.98 Å². The fourth-order valence-electron chi connectivity index (χ4n) is 2.37. The van der Waals surface area contributed by atoms with Gasteiger partial charge in [0.05, 0.1) is 27.7 Å². The van der Waals surface area contributed by atoms with E-state index in [1.54, 1.807) is 10.9 Å². The Morgan fingerprint density at radius 2 is 2.00 bits per heavy atom. The molecule has 0 saturated heterocycles. The van der Waals surface area contributed by atoms with Crippen LogP contribution >= 0.6 is 22.6 Å². The van der Waals surface area contributed by atoms with Crippen LogP contribution in [0.3, 0.4) is 0 Å². The van der Waals surface area contributed by atoms with E-state index in [0.29, 0.717) is 10.1 Å². The number of rotatable bonds is 2. The standard InChI is InChI=1S/C16H14IN3O/c1-10-7-12(13-5-3-4-6-14(13)19-10)8-20-9-18-11(2)15(17)16(20)21/h3-7,9H,8H2,1-2H3. The van der Waals surface area contributed by atoms with Gasteiger partial charge in [-0.05, 0) is 54.1 Å². The molecule has 0 aliphatic rings. The molecule has 3 aromatic rings. The van der Waals surface area contributed by atoms with Crippen LogP contribution in [0.25, 0.3) is 10.9 Å². The summed E-state index contributed by atoms with van der Waals surface area (Å²) in [7, 11) is 0. The van der Waals surface area contributed by atoms with Gasteiger partial charge in [-0.15, -0.1) is 0 Å². The van der Waals surface area contributed by atoms with E-state index in [-0.39, 0.29) is 5.56 Å². The van der Waals surface area contributed by atoms with Gasteiger partial charge in [0.1, 0.15) is 0 Å². The molecule has 0 radical (unpaired) electrons. The average molecular weight is 391 g/mol. The zero-order valence-corrected chi connectivity index (χ0v) is 14.0. The number of hydrogen-bond donors (Lipinski definition) is 0. The number of halogens is 1. The van der Waals surface area contributed by atoms with E-state index >= 15 is 0 Å². The maximum Gasteiger partial charge on any atom is 0.267 e. The van der Waals surface area contributed by atoms with Gasteiger partial charge in [0.25, 0.3) is 5.56 Å². The van der Waals surface area contributed by atoms with E-state index in [1.807, 2.05) is 44.2 Å². The number of fused-ring (bicyclic) bond motifs is 1. The maximum atomic E-state index is 12.3. The Morgan fingerprint density at radius 3 is 2.81 bits per heavy atom. The van der Waals surface area contributed by atoms with Crippen molar-refractivity contribution in [2.75, 3.05) is 0 Å². The molecule has 2 heterocycles. The number of aryl methyl sites for hydroxylation is 2. The minimum absolute atomic E-state index is 0.00152. The number of pyridine rings is 1. The Labute approximate surface area is 136 Å². The van der Waals surface area contributed by atoms with E-state index < -0.39 is 0 Å². The van der Waals surface area contributed by atoms with Gasteiger partial charge in [0, 0.05) is 11.1 Å². The number of para-hydroxylation sites is 1. The highest BCUT2D eigenvalue weighted by molar-refractivity contribution is 14.1. The van der Waals surface area contributed by atoms with Crippen LogP contribution in [0.2, 0.25) is 0 Å². The van der Waals surface area contributed by atoms with E-state index in [4.69, 9.17) is 0 Å². The number of aromatic nitrogens is 3. The van der Waals surface area contributed by atoms with E-state index in [9.17, 15) is 4.79 Å². The fourth-order valence-corrected chi connectivity index (χ4v) is 2.82. The first-order chi connectivity index (χ1) is 10.1. The molecular weight excluding hydrogens is 377 g/mol. The zero-order valence-electron chi connectivity index (χ0n) is 11.8. The van der Waals surface area contributed by atoms with Crippen molar-refractivity contribution in [1.29, 1.82) is 0 Å². The second-order valence-corrected chi connectivity index (χ2v) is 6.10. The SMILES string of the molecule is Cc1cc(Cn2cnc(C)c(I)c2=O)c2ccccc2n1. The highest BCUT2D eigenvalue weighted by Gasteiger charge is 2.09. The molecule has 4 nitrogen and oxygen atoms in total. The summed E-state index contributed by atoms with van der Waals surface area (Å²) in [5.74, 6) is 0. The molecule has 21 heavy (non-hydrogen) atoms. The quantitative estimate of drug-likeness (QED) is 0.631. The molecule has 106 valence electrons. The van der Waals surface area contributed by atoms with Crippen LogP contribution in [0.15, 0.2) is 41.5 Å². The minimum Gasteiger partial charge on any atom is -0.294 e. The molecule has 0 atom stereocenters. The lowest BCUT2D eigenvalue weighted by molar-refractivity contribution is 0.726. The summed E-state index contributed by atoms with van der Waals surface area (Å²) < 4.78 is 2.32. The van der Waals surface area contributed by atoms with Crippen LogP contribution in [0, 0.1) is 17.4 Å². The monoisotopic (exact) mass is 391 g/mol. The Kier molecular flexibility index (Phi) is 3.75. The normalized spacial score (nSPS) is 11.0. The van der Waals surface area contributed by atoms with Gasteiger partial charge in [-0.2, -0.15) is 0 Å². The third-order valence-corrected chi connectivity index (χ3v) is 4.67.